The Balaban J connectivity index is 1.88. The lowest BCUT2D eigenvalue weighted by atomic mass is 10.2. The van der Waals surface area contributed by atoms with Crippen LogP contribution in [-0.2, 0) is 0 Å². The predicted molar refractivity (Wildman–Crippen MR) is 119 cm³/mol. The molecular weight excluding hydrogens is 380 g/mol. The summed E-state index contributed by atoms with van der Waals surface area (Å²) in [4.78, 5) is 28.2. The maximum atomic E-state index is 12.1. The van der Waals surface area contributed by atoms with Crippen LogP contribution in [0.15, 0.2) is 58.8 Å². The number of nitrogens with zero attached hydrogens (tertiary/aromatic N) is 4. The second kappa shape index (κ2) is 11.8. The zero-order valence-corrected chi connectivity index (χ0v) is 18.1. The fourth-order valence-corrected chi connectivity index (χ4v) is 2.46. The van der Waals surface area contributed by atoms with Crippen LogP contribution < -0.4 is 10.6 Å². The fraction of sp³-hybridized carbons (Fsp3) is 0.364. The number of azo groups is 1. The van der Waals surface area contributed by atoms with Crippen molar-refractivity contribution in [3.8, 4) is 0 Å². The molecule has 0 bridgehead atoms. The number of carbonyl (C=O) groups excluding carboxylic acids is 2. The molecule has 0 aliphatic heterocycles. The third-order valence-corrected chi connectivity index (χ3v) is 4.23. The van der Waals surface area contributed by atoms with E-state index in [1.165, 1.54) is 0 Å². The van der Waals surface area contributed by atoms with Crippen molar-refractivity contribution in [1.29, 1.82) is 0 Å². The molecule has 0 aromatic heterocycles. The van der Waals surface area contributed by atoms with Gasteiger partial charge in [-0.3, -0.25) is 9.59 Å². The summed E-state index contributed by atoms with van der Waals surface area (Å²) in [5, 5.41) is 14.1. The minimum Gasteiger partial charge on any atom is -0.351 e. The SMILES string of the molecule is CN(C)CCNC(=O)c1ccc(N=Nc2ccc(C(=O)NCCN(C)C)cc2)cc1. The molecule has 0 saturated carbocycles. The van der Waals surface area contributed by atoms with Crippen LogP contribution >= 0.6 is 0 Å². The monoisotopic (exact) mass is 410 g/mol. The number of hydrogen-bond donors (Lipinski definition) is 2. The normalized spacial score (nSPS) is 11.3. The number of hydrogen-bond acceptors (Lipinski definition) is 6. The van der Waals surface area contributed by atoms with Crippen molar-refractivity contribution in [3.05, 3.63) is 59.7 Å². The lowest BCUT2D eigenvalue weighted by Crippen LogP contribution is -2.31. The van der Waals surface area contributed by atoms with Gasteiger partial charge in [-0.25, -0.2) is 0 Å². The Kier molecular flexibility index (Phi) is 9.11. The summed E-state index contributed by atoms with van der Waals surface area (Å²) >= 11 is 0. The molecule has 0 aliphatic rings. The number of benzene rings is 2. The summed E-state index contributed by atoms with van der Waals surface area (Å²) in [7, 11) is 7.84. The maximum Gasteiger partial charge on any atom is 0.251 e. The number of likely N-dealkylation sites (N-methyl/N-ethyl adjacent to an activating group) is 2. The summed E-state index contributed by atoms with van der Waals surface area (Å²) < 4.78 is 0. The van der Waals surface area contributed by atoms with Crippen molar-refractivity contribution in [2.75, 3.05) is 54.4 Å². The van der Waals surface area contributed by atoms with Gasteiger partial charge in [-0.2, -0.15) is 10.2 Å². The van der Waals surface area contributed by atoms with Crippen molar-refractivity contribution >= 4 is 23.2 Å². The third-order valence-electron chi connectivity index (χ3n) is 4.23. The molecule has 0 atom stereocenters. The van der Waals surface area contributed by atoms with Crippen LogP contribution in [0.25, 0.3) is 0 Å². The first kappa shape index (κ1) is 23.2. The van der Waals surface area contributed by atoms with Crippen molar-refractivity contribution in [2.45, 2.75) is 0 Å². The molecule has 0 aliphatic carbocycles. The van der Waals surface area contributed by atoms with Crippen LogP contribution in [-0.4, -0.2) is 76.0 Å². The van der Waals surface area contributed by atoms with E-state index < -0.39 is 0 Å². The van der Waals surface area contributed by atoms with E-state index in [2.05, 4.69) is 20.9 Å². The molecule has 0 unspecified atom stereocenters. The van der Waals surface area contributed by atoms with E-state index in [-0.39, 0.29) is 11.8 Å². The molecule has 0 saturated heterocycles. The van der Waals surface area contributed by atoms with Gasteiger partial charge in [-0.05, 0) is 76.7 Å². The van der Waals surface area contributed by atoms with E-state index in [0.717, 1.165) is 13.1 Å². The van der Waals surface area contributed by atoms with E-state index in [4.69, 9.17) is 0 Å². The highest BCUT2D eigenvalue weighted by molar-refractivity contribution is 5.95. The predicted octanol–water partition coefficient (Wildman–Crippen LogP) is 2.68. The van der Waals surface area contributed by atoms with Crippen LogP contribution in [0.5, 0.6) is 0 Å². The zero-order valence-electron chi connectivity index (χ0n) is 18.1. The Labute approximate surface area is 178 Å². The average molecular weight is 411 g/mol. The van der Waals surface area contributed by atoms with Gasteiger partial charge in [0.05, 0.1) is 11.4 Å². The molecule has 8 nitrogen and oxygen atoms in total. The Bertz CT molecular complexity index is 773. The molecular formula is C22H30N6O2. The van der Waals surface area contributed by atoms with Crippen molar-refractivity contribution in [1.82, 2.24) is 20.4 Å². The van der Waals surface area contributed by atoms with Gasteiger partial charge in [0.2, 0.25) is 0 Å². The molecule has 0 spiro atoms. The molecule has 0 fully saturated rings. The van der Waals surface area contributed by atoms with Crippen LogP contribution in [0.1, 0.15) is 20.7 Å². The lowest BCUT2D eigenvalue weighted by Gasteiger charge is -2.10. The summed E-state index contributed by atoms with van der Waals surface area (Å²) in [5.41, 5.74) is 2.45. The fourth-order valence-electron chi connectivity index (χ4n) is 2.46. The van der Waals surface area contributed by atoms with Gasteiger partial charge in [-0.15, -0.1) is 0 Å². The molecule has 2 aromatic carbocycles. The van der Waals surface area contributed by atoms with Gasteiger partial charge >= 0.3 is 0 Å². The minimum atomic E-state index is -0.111. The van der Waals surface area contributed by atoms with Crippen molar-refractivity contribution in [2.24, 2.45) is 10.2 Å². The second-order valence-corrected chi connectivity index (χ2v) is 7.41. The van der Waals surface area contributed by atoms with E-state index in [0.29, 0.717) is 35.6 Å². The van der Waals surface area contributed by atoms with Crippen molar-refractivity contribution in [3.63, 3.8) is 0 Å². The number of nitrogens with one attached hydrogen (secondary N) is 2. The Morgan fingerprint density at radius 3 is 1.30 bits per heavy atom. The Hall–Kier alpha value is -3.10. The van der Waals surface area contributed by atoms with Gasteiger partial charge in [0, 0.05) is 37.3 Å². The maximum absolute atomic E-state index is 12.1. The summed E-state index contributed by atoms with van der Waals surface area (Å²) in [6.07, 6.45) is 0. The second-order valence-electron chi connectivity index (χ2n) is 7.41. The lowest BCUT2D eigenvalue weighted by molar-refractivity contribution is 0.0942. The first-order valence-electron chi connectivity index (χ1n) is 9.83. The Morgan fingerprint density at radius 1 is 0.667 bits per heavy atom. The van der Waals surface area contributed by atoms with Gasteiger partial charge in [0.25, 0.3) is 11.8 Å². The summed E-state index contributed by atoms with van der Waals surface area (Å²) in [6.45, 7) is 2.76. The van der Waals surface area contributed by atoms with Gasteiger partial charge in [0.1, 0.15) is 0 Å². The van der Waals surface area contributed by atoms with Crippen LogP contribution in [0, 0.1) is 0 Å². The van der Waals surface area contributed by atoms with E-state index in [1.807, 2.05) is 38.0 Å². The first-order chi connectivity index (χ1) is 14.3. The molecule has 0 radical (unpaired) electrons. The van der Waals surface area contributed by atoms with Crippen LogP contribution in [0.2, 0.25) is 0 Å². The molecule has 160 valence electrons. The van der Waals surface area contributed by atoms with Crippen LogP contribution in [0.3, 0.4) is 0 Å². The first-order valence-corrected chi connectivity index (χ1v) is 9.83. The summed E-state index contributed by atoms with van der Waals surface area (Å²) in [6, 6.07) is 13.9. The zero-order chi connectivity index (χ0) is 21.9. The van der Waals surface area contributed by atoms with Crippen molar-refractivity contribution < 1.29 is 9.59 Å². The van der Waals surface area contributed by atoms with Gasteiger partial charge < -0.3 is 20.4 Å². The van der Waals surface area contributed by atoms with Crippen LogP contribution in [0.4, 0.5) is 11.4 Å². The van der Waals surface area contributed by atoms with E-state index in [1.54, 1.807) is 48.5 Å². The molecule has 30 heavy (non-hydrogen) atoms. The summed E-state index contributed by atoms with van der Waals surface area (Å²) in [5.74, 6) is -0.223. The third kappa shape index (κ3) is 8.10. The van der Waals surface area contributed by atoms with Gasteiger partial charge in [0.15, 0.2) is 0 Å². The molecule has 2 amide bonds. The largest absolute Gasteiger partial charge is 0.351 e. The minimum absolute atomic E-state index is 0.111. The number of amides is 2. The quantitative estimate of drug-likeness (QED) is 0.590. The van der Waals surface area contributed by atoms with E-state index in [9.17, 15) is 9.59 Å². The Morgan fingerprint density at radius 2 is 1.00 bits per heavy atom. The average Bonchev–Trinajstić information content (AvgIpc) is 2.72. The number of rotatable bonds is 10. The highest BCUT2D eigenvalue weighted by Crippen LogP contribution is 2.19. The van der Waals surface area contributed by atoms with Gasteiger partial charge in [-0.1, -0.05) is 0 Å². The highest BCUT2D eigenvalue weighted by atomic mass is 16.2. The smallest absolute Gasteiger partial charge is 0.251 e. The molecule has 8 heteroatoms. The molecule has 2 N–H and O–H groups in total. The molecule has 2 rings (SSSR count). The van der Waals surface area contributed by atoms with E-state index >= 15 is 0 Å². The number of carbonyl (C=O) groups is 2. The topological polar surface area (TPSA) is 89.4 Å². The highest BCUT2D eigenvalue weighted by Gasteiger charge is 2.06. The molecule has 0 heterocycles. The molecule has 2 aromatic rings. The standard InChI is InChI=1S/C22H30N6O2/c1-27(2)15-13-23-21(29)17-5-9-19(10-6-17)25-26-20-11-7-18(8-12-20)22(30)24-14-16-28(3)4/h5-12H,13-16H2,1-4H3,(H,23,29)(H,24,30).